The highest BCUT2D eigenvalue weighted by atomic mass is 15.1. The van der Waals surface area contributed by atoms with Crippen LogP contribution in [-0.2, 0) is 18.6 Å². The summed E-state index contributed by atoms with van der Waals surface area (Å²) >= 11 is 0. The number of benzene rings is 3. The van der Waals surface area contributed by atoms with Crippen LogP contribution in [-0.4, -0.2) is 0 Å². The lowest BCUT2D eigenvalue weighted by molar-refractivity contribution is 0.740. The molecule has 0 aromatic heterocycles. The van der Waals surface area contributed by atoms with Crippen molar-refractivity contribution in [2.24, 2.45) is 16.0 Å². The molecule has 1 aliphatic heterocycles. The van der Waals surface area contributed by atoms with Crippen molar-refractivity contribution in [3.05, 3.63) is 89.5 Å². The van der Waals surface area contributed by atoms with Gasteiger partial charge in [0.2, 0.25) is 0 Å². The smallest absolute Gasteiger partial charge is 0.0858 e. The fraction of sp³-hybridized carbons (Fsp3) is 0.217. The number of nitrogens with zero attached hydrogens (tertiary/aromatic N) is 3. The molecule has 1 fully saturated rings. The van der Waals surface area contributed by atoms with Gasteiger partial charge in [-0.25, -0.2) is 0 Å². The Labute approximate surface area is 159 Å². The van der Waals surface area contributed by atoms with Crippen LogP contribution < -0.4 is 10.6 Å². The zero-order chi connectivity index (χ0) is 18.3. The van der Waals surface area contributed by atoms with E-state index in [1.54, 1.807) is 0 Å². The van der Waals surface area contributed by atoms with E-state index in [0.717, 1.165) is 37.3 Å². The maximum Gasteiger partial charge on any atom is 0.0858 e. The summed E-state index contributed by atoms with van der Waals surface area (Å²) in [6.07, 6.45) is 2.14. The van der Waals surface area contributed by atoms with Crippen molar-refractivity contribution in [2.45, 2.75) is 31.5 Å². The molecule has 1 aliphatic carbocycles. The second kappa shape index (κ2) is 6.32. The maximum atomic E-state index is 6.22. The molecule has 3 aromatic carbocycles. The third kappa shape index (κ3) is 3.24. The van der Waals surface area contributed by atoms with E-state index in [1.807, 2.05) is 24.3 Å². The Morgan fingerprint density at radius 3 is 1.74 bits per heavy atom. The molecule has 5 rings (SSSR count). The standard InChI is InChI=1S/C23H22N4/c24-23(13-14-23)19-5-7-20(8-6-19)25-26-21-9-11-22(12-10-21)27-15-17-3-1-2-4-18(17)16-27/h1-12H,13-16,24H2. The van der Waals surface area contributed by atoms with Gasteiger partial charge in [0.05, 0.1) is 11.4 Å². The van der Waals surface area contributed by atoms with Gasteiger partial charge in [-0.3, -0.25) is 0 Å². The van der Waals surface area contributed by atoms with Gasteiger partial charge in [0.1, 0.15) is 0 Å². The summed E-state index contributed by atoms with van der Waals surface area (Å²) in [6.45, 7) is 1.93. The van der Waals surface area contributed by atoms with E-state index in [-0.39, 0.29) is 5.54 Å². The van der Waals surface area contributed by atoms with Crippen LogP contribution in [0.3, 0.4) is 0 Å². The van der Waals surface area contributed by atoms with E-state index in [1.165, 1.54) is 22.4 Å². The highest BCUT2D eigenvalue weighted by Gasteiger charge is 2.39. The van der Waals surface area contributed by atoms with E-state index in [2.05, 4.69) is 63.7 Å². The minimum Gasteiger partial charge on any atom is -0.363 e. The Morgan fingerprint density at radius 2 is 1.22 bits per heavy atom. The summed E-state index contributed by atoms with van der Waals surface area (Å²) in [6, 6.07) is 25.0. The van der Waals surface area contributed by atoms with E-state index >= 15 is 0 Å². The zero-order valence-electron chi connectivity index (χ0n) is 15.2. The molecule has 2 N–H and O–H groups in total. The van der Waals surface area contributed by atoms with Gasteiger partial charge in [0, 0.05) is 24.3 Å². The third-order valence-electron chi connectivity index (χ3n) is 5.57. The van der Waals surface area contributed by atoms with Crippen molar-refractivity contribution in [3.8, 4) is 0 Å². The molecule has 0 unspecified atom stereocenters. The monoisotopic (exact) mass is 354 g/mol. The van der Waals surface area contributed by atoms with Crippen molar-refractivity contribution in [1.29, 1.82) is 0 Å². The third-order valence-corrected chi connectivity index (χ3v) is 5.57. The summed E-state index contributed by atoms with van der Waals surface area (Å²) in [5.41, 5.74) is 13.1. The first-order valence-corrected chi connectivity index (χ1v) is 9.43. The molecule has 0 atom stereocenters. The Morgan fingerprint density at radius 1 is 0.704 bits per heavy atom. The number of fused-ring (bicyclic) bond motifs is 1. The molecular weight excluding hydrogens is 332 g/mol. The molecule has 0 bridgehead atoms. The summed E-state index contributed by atoms with van der Waals surface area (Å²) < 4.78 is 0. The van der Waals surface area contributed by atoms with Crippen LogP contribution >= 0.6 is 0 Å². The molecule has 0 radical (unpaired) electrons. The summed E-state index contributed by atoms with van der Waals surface area (Å²) in [5, 5.41) is 8.72. The van der Waals surface area contributed by atoms with Crippen molar-refractivity contribution in [2.75, 3.05) is 4.90 Å². The second-order valence-electron chi connectivity index (χ2n) is 7.54. The normalized spacial score (nSPS) is 17.3. The number of nitrogens with two attached hydrogens (primary N) is 1. The first-order chi connectivity index (χ1) is 13.2. The van der Waals surface area contributed by atoms with Crippen LogP contribution in [0.15, 0.2) is 83.0 Å². The summed E-state index contributed by atoms with van der Waals surface area (Å²) in [5.74, 6) is 0. The number of anilines is 1. The fourth-order valence-electron chi connectivity index (χ4n) is 3.64. The highest BCUT2D eigenvalue weighted by Crippen LogP contribution is 2.42. The van der Waals surface area contributed by atoms with E-state index in [4.69, 9.17) is 5.73 Å². The van der Waals surface area contributed by atoms with Crippen LogP contribution in [0.25, 0.3) is 0 Å². The quantitative estimate of drug-likeness (QED) is 0.623. The summed E-state index contributed by atoms with van der Waals surface area (Å²) in [7, 11) is 0. The van der Waals surface area contributed by atoms with E-state index < -0.39 is 0 Å². The molecular formula is C23H22N4. The lowest BCUT2D eigenvalue weighted by Gasteiger charge is -2.17. The maximum absolute atomic E-state index is 6.22. The Balaban J connectivity index is 1.26. The number of hydrogen-bond donors (Lipinski definition) is 1. The Hall–Kier alpha value is -2.98. The van der Waals surface area contributed by atoms with Crippen LogP contribution in [0.1, 0.15) is 29.5 Å². The van der Waals surface area contributed by atoms with Gasteiger partial charge in [0.25, 0.3) is 0 Å². The Kier molecular flexibility index (Phi) is 3.80. The molecule has 2 aliphatic rings. The minimum atomic E-state index is -0.0965. The number of hydrogen-bond acceptors (Lipinski definition) is 4. The van der Waals surface area contributed by atoms with Gasteiger partial charge in [-0.2, -0.15) is 10.2 Å². The summed E-state index contributed by atoms with van der Waals surface area (Å²) in [4.78, 5) is 2.38. The lowest BCUT2D eigenvalue weighted by Crippen LogP contribution is -2.18. The van der Waals surface area contributed by atoms with Crippen molar-refractivity contribution in [1.82, 2.24) is 0 Å². The van der Waals surface area contributed by atoms with Crippen LogP contribution in [0.2, 0.25) is 0 Å². The molecule has 0 saturated heterocycles. The largest absolute Gasteiger partial charge is 0.363 e. The first kappa shape index (κ1) is 16.2. The number of rotatable bonds is 4. The molecule has 4 nitrogen and oxygen atoms in total. The van der Waals surface area contributed by atoms with Crippen molar-refractivity contribution < 1.29 is 0 Å². The molecule has 134 valence electrons. The molecule has 1 heterocycles. The lowest BCUT2D eigenvalue weighted by atomic mass is 10.1. The van der Waals surface area contributed by atoms with E-state index in [9.17, 15) is 0 Å². The zero-order valence-corrected chi connectivity index (χ0v) is 15.2. The second-order valence-corrected chi connectivity index (χ2v) is 7.54. The fourth-order valence-corrected chi connectivity index (χ4v) is 3.64. The van der Waals surface area contributed by atoms with Gasteiger partial charge in [-0.15, -0.1) is 0 Å². The van der Waals surface area contributed by atoms with Crippen LogP contribution in [0.5, 0.6) is 0 Å². The van der Waals surface area contributed by atoms with Gasteiger partial charge in [0.15, 0.2) is 0 Å². The van der Waals surface area contributed by atoms with E-state index in [0.29, 0.717) is 0 Å². The predicted molar refractivity (Wildman–Crippen MR) is 108 cm³/mol. The first-order valence-electron chi connectivity index (χ1n) is 9.43. The van der Waals surface area contributed by atoms with Gasteiger partial charge in [-0.05, 0) is 65.9 Å². The van der Waals surface area contributed by atoms with Crippen LogP contribution in [0.4, 0.5) is 17.1 Å². The van der Waals surface area contributed by atoms with Crippen LogP contribution in [0, 0.1) is 0 Å². The molecule has 0 amide bonds. The average Bonchev–Trinajstić information content (AvgIpc) is 3.31. The van der Waals surface area contributed by atoms with Crippen molar-refractivity contribution in [3.63, 3.8) is 0 Å². The average molecular weight is 354 g/mol. The molecule has 0 spiro atoms. The predicted octanol–water partition coefficient (Wildman–Crippen LogP) is 5.57. The van der Waals surface area contributed by atoms with Gasteiger partial charge >= 0.3 is 0 Å². The highest BCUT2D eigenvalue weighted by molar-refractivity contribution is 5.56. The van der Waals surface area contributed by atoms with Gasteiger partial charge < -0.3 is 10.6 Å². The molecule has 3 aromatic rings. The topological polar surface area (TPSA) is 54.0 Å². The van der Waals surface area contributed by atoms with Crippen molar-refractivity contribution >= 4 is 17.1 Å². The molecule has 27 heavy (non-hydrogen) atoms. The molecule has 1 saturated carbocycles. The molecule has 4 heteroatoms. The van der Waals surface area contributed by atoms with Gasteiger partial charge in [-0.1, -0.05) is 36.4 Å². The number of azo groups is 1. The Bertz CT molecular complexity index is 961. The minimum absolute atomic E-state index is 0.0965. The SMILES string of the molecule is NC1(c2ccc(N=Nc3ccc(N4Cc5ccccc5C4)cc3)cc2)CC1.